The predicted octanol–water partition coefficient (Wildman–Crippen LogP) is 9.87. The lowest BCUT2D eigenvalue weighted by atomic mass is 10.0. The van der Waals surface area contributed by atoms with Gasteiger partial charge in [-0.05, 0) is 32.1 Å². The highest BCUT2D eigenvalue weighted by Crippen LogP contribution is 2.15. The molecule has 0 fully saturated rings. The molecule has 5 heteroatoms. The molecule has 1 amide bonds. The van der Waals surface area contributed by atoms with E-state index < -0.39 is 24.2 Å². The summed E-state index contributed by atoms with van der Waals surface area (Å²) in [6.07, 6.45) is 39.1. The van der Waals surface area contributed by atoms with E-state index in [2.05, 4.69) is 31.3 Å². The Morgan fingerprint density at radius 1 is 0.558 bits per heavy atom. The molecule has 0 aliphatic rings. The third-order valence-electron chi connectivity index (χ3n) is 8.54. The van der Waals surface area contributed by atoms with Crippen LogP contribution < -0.4 is 5.32 Å². The highest BCUT2D eigenvalue weighted by molar-refractivity contribution is 5.80. The average molecular weight is 608 g/mol. The summed E-state index contributed by atoms with van der Waals surface area (Å²) in [6, 6.07) is -0.808. The van der Waals surface area contributed by atoms with Gasteiger partial charge in [-0.2, -0.15) is 0 Å². The Bertz CT molecular complexity index is 635. The molecule has 0 aromatic rings. The SMILES string of the molecule is CCCCCCCC/C=C/CC/C=C/C(O)C(CO)NC(=O)C(O)CCCCCCCCCCCCCCCCCCC. The van der Waals surface area contributed by atoms with Crippen molar-refractivity contribution in [3.8, 4) is 0 Å². The fourth-order valence-corrected chi connectivity index (χ4v) is 5.55. The smallest absolute Gasteiger partial charge is 0.249 e. The van der Waals surface area contributed by atoms with Gasteiger partial charge in [0.15, 0.2) is 0 Å². The van der Waals surface area contributed by atoms with Crippen LogP contribution in [0.1, 0.15) is 187 Å². The van der Waals surface area contributed by atoms with Crippen LogP contribution in [0, 0.1) is 0 Å². The zero-order valence-corrected chi connectivity index (χ0v) is 28.6. The molecule has 43 heavy (non-hydrogen) atoms. The monoisotopic (exact) mass is 608 g/mol. The van der Waals surface area contributed by atoms with Gasteiger partial charge in [-0.15, -0.1) is 0 Å². The second-order valence-electron chi connectivity index (χ2n) is 12.8. The molecule has 0 bridgehead atoms. The maximum absolute atomic E-state index is 12.4. The number of hydrogen-bond acceptors (Lipinski definition) is 4. The summed E-state index contributed by atoms with van der Waals surface area (Å²) in [4.78, 5) is 12.4. The first-order valence-electron chi connectivity index (χ1n) is 18.7. The number of aliphatic hydroxyl groups excluding tert-OH is 3. The van der Waals surface area contributed by atoms with Crippen molar-refractivity contribution in [3.63, 3.8) is 0 Å². The molecule has 3 unspecified atom stereocenters. The van der Waals surface area contributed by atoms with E-state index in [0.29, 0.717) is 6.42 Å². The lowest BCUT2D eigenvalue weighted by Crippen LogP contribution is -2.48. The first kappa shape index (κ1) is 41.8. The number of amides is 1. The third kappa shape index (κ3) is 29.3. The van der Waals surface area contributed by atoms with Gasteiger partial charge in [0.05, 0.1) is 18.8 Å². The van der Waals surface area contributed by atoms with Gasteiger partial charge in [-0.25, -0.2) is 0 Å². The molecule has 0 aromatic carbocycles. The maximum Gasteiger partial charge on any atom is 0.249 e. The molecule has 5 nitrogen and oxygen atoms in total. The Morgan fingerprint density at radius 2 is 0.953 bits per heavy atom. The number of hydrogen-bond donors (Lipinski definition) is 4. The lowest BCUT2D eigenvalue weighted by Gasteiger charge is -2.21. The van der Waals surface area contributed by atoms with Crippen LogP contribution in [0.4, 0.5) is 0 Å². The zero-order chi connectivity index (χ0) is 31.6. The number of aliphatic hydroxyl groups is 3. The van der Waals surface area contributed by atoms with Gasteiger partial charge in [-0.1, -0.05) is 179 Å². The van der Waals surface area contributed by atoms with Gasteiger partial charge in [0.1, 0.15) is 6.10 Å². The summed E-state index contributed by atoms with van der Waals surface area (Å²) < 4.78 is 0. The van der Waals surface area contributed by atoms with Crippen molar-refractivity contribution in [1.82, 2.24) is 5.32 Å². The minimum Gasteiger partial charge on any atom is -0.394 e. The molecule has 0 spiro atoms. The van der Waals surface area contributed by atoms with Crippen LogP contribution in [0.25, 0.3) is 0 Å². The van der Waals surface area contributed by atoms with Gasteiger partial charge in [0.2, 0.25) is 5.91 Å². The second-order valence-corrected chi connectivity index (χ2v) is 12.8. The Morgan fingerprint density at radius 3 is 1.42 bits per heavy atom. The van der Waals surface area contributed by atoms with Crippen LogP contribution in [-0.2, 0) is 4.79 Å². The first-order valence-corrected chi connectivity index (χ1v) is 18.7. The van der Waals surface area contributed by atoms with Gasteiger partial charge >= 0.3 is 0 Å². The second kappa shape index (κ2) is 33.7. The summed E-state index contributed by atoms with van der Waals surface area (Å²) in [6.45, 7) is 4.14. The summed E-state index contributed by atoms with van der Waals surface area (Å²) in [5.74, 6) is -0.513. The molecular weight excluding hydrogens is 534 g/mol. The maximum atomic E-state index is 12.4. The van der Waals surface area contributed by atoms with E-state index in [-0.39, 0.29) is 6.61 Å². The molecule has 0 rings (SSSR count). The summed E-state index contributed by atoms with van der Waals surface area (Å²) in [5.41, 5.74) is 0. The van der Waals surface area contributed by atoms with E-state index in [1.807, 2.05) is 6.08 Å². The highest BCUT2D eigenvalue weighted by atomic mass is 16.3. The summed E-state index contributed by atoms with van der Waals surface area (Å²) >= 11 is 0. The number of carbonyl (C=O) groups is 1. The minimum absolute atomic E-state index is 0.374. The predicted molar refractivity (Wildman–Crippen MR) is 185 cm³/mol. The van der Waals surface area contributed by atoms with Crippen molar-refractivity contribution >= 4 is 5.91 Å². The Balaban J connectivity index is 3.74. The molecule has 0 radical (unpaired) electrons. The minimum atomic E-state index is -1.10. The number of rotatable bonds is 33. The van der Waals surface area contributed by atoms with Crippen molar-refractivity contribution in [1.29, 1.82) is 0 Å². The lowest BCUT2D eigenvalue weighted by molar-refractivity contribution is -0.131. The van der Waals surface area contributed by atoms with E-state index in [1.54, 1.807) is 6.08 Å². The van der Waals surface area contributed by atoms with Crippen LogP contribution in [0.5, 0.6) is 0 Å². The molecule has 4 N–H and O–H groups in total. The van der Waals surface area contributed by atoms with Gasteiger partial charge in [0.25, 0.3) is 0 Å². The van der Waals surface area contributed by atoms with E-state index in [4.69, 9.17) is 0 Å². The fourth-order valence-electron chi connectivity index (χ4n) is 5.55. The van der Waals surface area contributed by atoms with Crippen molar-refractivity contribution < 1.29 is 20.1 Å². The molecule has 0 heterocycles. The average Bonchev–Trinajstić information content (AvgIpc) is 3.01. The van der Waals surface area contributed by atoms with Crippen LogP contribution in [0.3, 0.4) is 0 Å². The topological polar surface area (TPSA) is 89.8 Å². The molecule has 0 aromatic heterocycles. The van der Waals surface area contributed by atoms with E-state index in [0.717, 1.165) is 38.5 Å². The molecule has 3 atom stereocenters. The molecule has 0 aliphatic carbocycles. The fraction of sp³-hybridized carbons (Fsp3) is 0.868. The molecule has 0 aliphatic heterocycles. The number of allylic oxidation sites excluding steroid dienone is 3. The highest BCUT2D eigenvalue weighted by Gasteiger charge is 2.22. The van der Waals surface area contributed by atoms with E-state index in [1.165, 1.54) is 128 Å². The quantitative estimate of drug-likeness (QED) is 0.0441. The van der Waals surface area contributed by atoms with Gasteiger partial charge in [-0.3, -0.25) is 4.79 Å². The van der Waals surface area contributed by atoms with E-state index in [9.17, 15) is 20.1 Å². The Labute approximate surface area is 267 Å². The molecular formula is C38H73NO4. The Kier molecular flexibility index (Phi) is 32.8. The van der Waals surface area contributed by atoms with Crippen molar-refractivity contribution in [2.24, 2.45) is 0 Å². The molecule has 0 saturated heterocycles. The summed E-state index contributed by atoms with van der Waals surface area (Å²) in [7, 11) is 0. The van der Waals surface area contributed by atoms with Crippen LogP contribution in [0.15, 0.2) is 24.3 Å². The standard InChI is InChI=1S/C38H73NO4/c1-3-5-7-9-11-13-15-17-18-19-20-21-23-25-27-29-31-33-37(42)38(43)39-35(34-40)36(41)32-30-28-26-24-22-16-14-12-10-8-6-4-2/h22,24,30,32,35-37,40-42H,3-21,23,25-29,31,33-34H2,1-2H3,(H,39,43)/b24-22+,32-30+. The number of unbranched alkanes of at least 4 members (excludes halogenated alkanes) is 23. The van der Waals surface area contributed by atoms with Crippen molar-refractivity contribution in [2.75, 3.05) is 6.61 Å². The van der Waals surface area contributed by atoms with Crippen molar-refractivity contribution in [3.05, 3.63) is 24.3 Å². The van der Waals surface area contributed by atoms with Crippen LogP contribution in [0.2, 0.25) is 0 Å². The Hall–Kier alpha value is -1.17. The number of carbonyl (C=O) groups excluding carboxylic acids is 1. The van der Waals surface area contributed by atoms with Crippen molar-refractivity contribution in [2.45, 2.75) is 205 Å². The largest absolute Gasteiger partial charge is 0.394 e. The first-order chi connectivity index (χ1) is 21.1. The normalized spacial score (nSPS) is 14.1. The number of nitrogens with one attached hydrogen (secondary N) is 1. The zero-order valence-electron chi connectivity index (χ0n) is 28.6. The van der Waals surface area contributed by atoms with Gasteiger partial charge < -0.3 is 20.6 Å². The van der Waals surface area contributed by atoms with Crippen LogP contribution in [-0.4, -0.2) is 46.1 Å². The third-order valence-corrected chi connectivity index (χ3v) is 8.54. The molecule has 254 valence electrons. The summed E-state index contributed by atoms with van der Waals surface area (Å²) in [5, 5.41) is 32.9. The van der Waals surface area contributed by atoms with Gasteiger partial charge in [0, 0.05) is 0 Å². The van der Waals surface area contributed by atoms with Crippen LogP contribution >= 0.6 is 0 Å². The van der Waals surface area contributed by atoms with E-state index >= 15 is 0 Å². The molecule has 0 saturated carbocycles.